The average molecular weight is 318 g/mol. The van der Waals surface area contributed by atoms with Crippen molar-refractivity contribution < 1.29 is 9.53 Å². The van der Waals surface area contributed by atoms with Gasteiger partial charge in [-0.3, -0.25) is 5.32 Å². The summed E-state index contributed by atoms with van der Waals surface area (Å²) in [6, 6.07) is 1.81. The summed E-state index contributed by atoms with van der Waals surface area (Å²) in [5.74, 6) is 0.562. The maximum atomic E-state index is 11.1. The van der Waals surface area contributed by atoms with Crippen molar-refractivity contribution in [2.75, 3.05) is 11.9 Å². The summed E-state index contributed by atoms with van der Waals surface area (Å²) in [6.07, 6.45) is 1.07. The lowest BCUT2D eigenvalue weighted by molar-refractivity contribution is 0.158. The molecule has 0 fully saturated rings. The molecule has 92 valence electrons. The highest BCUT2D eigenvalue weighted by molar-refractivity contribution is 9.10. The Morgan fingerprint density at radius 1 is 1.65 bits per heavy atom. The Morgan fingerprint density at radius 3 is 2.94 bits per heavy atom. The van der Waals surface area contributed by atoms with Crippen molar-refractivity contribution in [1.82, 2.24) is 10.3 Å². The molecule has 0 bridgehead atoms. The number of pyridine rings is 1. The smallest absolute Gasteiger partial charge is 0.413 e. The van der Waals surface area contributed by atoms with Gasteiger partial charge >= 0.3 is 6.09 Å². The number of alkyl carbamates (subject to hydrolysis) is 1. The van der Waals surface area contributed by atoms with Gasteiger partial charge in [0, 0.05) is 10.7 Å². The SMILES string of the molecule is CCOC(=O)NC(=S)Nc1cc(C)c(Br)cn1. The first-order chi connectivity index (χ1) is 8.02. The van der Waals surface area contributed by atoms with E-state index in [0.29, 0.717) is 12.4 Å². The topological polar surface area (TPSA) is 63.2 Å². The van der Waals surface area contributed by atoms with Crippen molar-refractivity contribution in [2.45, 2.75) is 13.8 Å². The van der Waals surface area contributed by atoms with E-state index in [9.17, 15) is 4.79 Å². The zero-order chi connectivity index (χ0) is 12.8. The number of carbonyl (C=O) groups is 1. The van der Waals surface area contributed by atoms with Gasteiger partial charge in [-0.25, -0.2) is 9.78 Å². The third-order valence-electron chi connectivity index (χ3n) is 1.78. The minimum absolute atomic E-state index is 0.151. The number of carbonyl (C=O) groups excluding carboxylic acids is 1. The molecule has 1 rings (SSSR count). The van der Waals surface area contributed by atoms with Crippen LogP contribution in [0.25, 0.3) is 0 Å². The van der Waals surface area contributed by atoms with E-state index in [1.165, 1.54) is 0 Å². The Bertz CT molecular complexity index is 440. The van der Waals surface area contributed by atoms with Crippen molar-refractivity contribution in [3.8, 4) is 0 Å². The van der Waals surface area contributed by atoms with Crippen molar-refractivity contribution >= 4 is 45.2 Å². The van der Waals surface area contributed by atoms with Gasteiger partial charge in [-0.2, -0.15) is 0 Å². The summed E-state index contributed by atoms with van der Waals surface area (Å²) in [6.45, 7) is 3.94. The molecule has 0 radical (unpaired) electrons. The summed E-state index contributed by atoms with van der Waals surface area (Å²) in [5.41, 5.74) is 1.02. The number of hydrogen-bond acceptors (Lipinski definition) is 4. The minimum atomic E-state index is -0.584. The highest BCUT2D eigenvalue weighted by Gasteiger charge is 2.05. The molecule has 17 heavy (non-hydrogen) atoms. The van der Waals surface area contributed by atoms with Crippen LogP contribution in [0.3, 0.4) is 0 Å². The molecule has 0 aliphatic heterocycles. The third kappa shape index (κ3) is 4.66. The molecular formula is C10H12BrN3O2S. The van der Waals surface area contributed by atoms with E-state index in [-0.39, 0.29) is 5.11 Å². The summed E-state index contributed by atoms with van der Waals surface area (Å²) >= 11 is 8.27. The van der Waals surface area contributed by atoms with Gasteiger partial charge in [0.2, 0.25) is 0 Å². The highest BCUT2D eigenvalue weighted by atomic mass is 79.9. The molecule has 0 aliphatic rings. The molecule has 1 aromatic rings. The molecule has 7 heteroatoms. The number of hydrogen-bond donors (Lipinski definition) is 2. The molecule has 0 atom stereocenters. The van der Waals surface area contributed by atoms with E-state index in [1.807, 2.05) is 13.0 Å². The molecule has 0 aliphatic carbocycles. The lowest BCUT2D eigenvalue weighted by atomic mass is 10.3. The van der Waals surface area contributed by atoms with Crippen LogP contribution in [0, 0.1) is 6.92 Å². The summed E-state index contributed by atoms with van der Waals surface area (Å²) in [5, 5.41) is 5.31. The number of rotatable bonds is 2. The van der Waals surface area contributed by atoms with Crippen LogP contribution in [0.15, 0.2) is 16.7 Å². The van der Waals surface area contributed by atoms with Crippen LogP contribution < -0.4 is 10.6 Å². The summed E-state index contributed by atoms with van der Waals surface area (Å²) in [7, 11) is 0. The van der Waals surface area contributed by atoms with Gasteiger partial charge in [0.1, 0.15) is 5.82 Å². The van der Waals surface area contributed by atoms with Crippen molar-refractivity contribution in [2.24, 2.45) is 0 Å². The molecule has 1 heterocycles. The Hall–Kier alpha value is -1.21. The van der Waals surface area contributed by atoms with Crippen LogP contribution in [0.2, 0.25) is 0 Å². The number of ether oxygens (including phenoxy) is 1. The summed E-state index contributed by atoms with van der Waals surface area (Å²) in [4.78, 5) is 15.2. The minimum Gasteiger partial charge on any atom is -0.450 e. The largest absolute Gasteiger partial charge is 0.450 e. The molecular weight excluding hydrogens is 306 g/mol. The molecule has 0 unspecified atom stereocenters. The number of amides is 1. The maximum Gasteiger partial charge on any atom is 0.413 e. The number of aromatic nitrogens is 1. The number of aryl methyl sites for hydroxylation is 1. The fourth-order valence-corrected chi connectivity index (χ4v) is 1.42. The molecule has 0 aromatic carbocycles. The normalized spacial score (nSPS) is 9.59. The first-order valence-electron chi connectivity index (χ1n) is 4.89. The zero-order valence-electron chi connectivity index (χ0n) is 9.41. The predicted molar refractivity (Wildman–Crippen MR) is 73.1 cm³/mol. The second-order valence-corrected chi connectivity index (χ2v) is 4.38. The summed E-state index contributed by atoms with van der Waals surface area (Å²) < 4.78 is 5.60. The molecule has 0 saturated carbocycles. The Morgan fingerprint density at radius 2 is 2.35 bits per heavy atom. The number of nitrogens with zero attached hydrogens (tertiary/aromatic N) is 1. The standard InChI is InChI=1S/C10H12BrN3O2S/c1-3-16-10(15)14-9(17)13-8-4-6(2)7(11)5-12-8/h4-5H,3H2,1-2H3,(H2,12,13,14,15,17). The lowest BCUT2D eigenvalue weighted by Gasteiger charge is -2.09. The number of nitrogens with one attached hydrogen (secondary N) is 2. The molecule has 0 spiro atoms. The Labute approximate surface area is 113 Å². The van der Waals surface area contributed by atoms with Crippen LogP contribution in [0.5, 0.6) is 0 Å². The average Bonchev–Trinajstić information content (AvgIpc) is 2.23. The van der Waals surface area contributed by atoms with Crippen LogP contribution in [-0.2, 0) is 4.74 Å². The number of thiocarbonyl (C=S) groups is 1. The predicted octanol–water partition coefficient (Wildman–Crippen LogP) is 2.60. The van der Waals surface area contributed by atoms with E-state index in [2.05, 4.69) is 36.3 Å². The number of halogens is 1. The zero-order valence-corrected chi connectivity index (χ0v) is 11.8. The van der Waals surface area contributed by atoms with E-state index < -0.39 is 6.09 Å². The Kier molecular flexibility index (Phi) is 5.30. The monoisotopic (exact) mass is 317 g/mol. The highest BCUT2D eigenvalue weighted by Crippen LogP contribution is 2.16. The van der Waals surface area contributed by atoms with Gasteiger partial charge in [-0.05, 0) is 53.6 Å². The van der Waals surface area contributed by atoms with Crippen molar-refractivity contribution in [3.05, 3.63) is 22.3 Å². The van der Waals surface area contributed by atoms with Crippen LogP contribution in [0.1, 0.15) is 12.5 Å². The van der Waals surface area contributed by atoms with Crippen LogP contribution in [0.4, 0.5) is 10.6 Å². The van der Waals surface area contributed by atoms with Gasteiger partial charge < -0.3 is 10.1 Å². The van der Waals surface area contributed by atoms with Gasteiger partial charge in [0.25, 0.3) is 0 Å². The quantitative estimate of drug-likeness (QED) is 0.821. The van der Waals surface area contributed by atoms with E-state index in [1.54, 1.807) is 13.1 Å². The molecule has 1 amide bonds. The maximum absolute atomic E-state index is 11.1. The van der Waals surface area contributed by atoms with Crippen molar-refractivity contribution in [3.63, 3.8) is 0 Å². The number of anilines is 1. The van der Waals surface area contributed by atoms with Gasteiger partial charge in [0.05, 0.1) is 6.61 Å². The molecule has 1 aromatic heterocycles. The second kappa shape index (κ2) is 6.51. The second-order valence-electron chi connectivity index (χ2n) is 3.12. The first-order valence-corrected chi connectivity index (χ1v) is 6.10. The van der Waals surface area contributed by atoms with E-state index >= 15 is 0 Å². The van der Waals surface area contributed by atoms with Crippen LogP contribution >= 0.6 is 28.1 Å². The fraction of sp³-hybridized carbons (Fsp3) is 0.300. The van der Waals surface area contributed by atoms with Gasteiger partial charge in [0.15, 0.2) is 5.11 Å². The lowest BCUT2D eigenvalue weighted by Crippen LogP contribution is -2.34. The fourth-order valence-electron chi connectivity index (χ4n) is 1.02. The van der Waals surface area contributed by atoms with E-state index in [4.69, 9.17) is 12.2 Å². The molecule has 2 N–H and O–H groups in total. The molecule has 0 saturated heterocycles. The van der Waals surface area contributed by atoms with Gasteiger partial charge in [-0.1, -0.05) is 0 Å². The van der Waals surface area contributed by atoms with Crippen LogP contribution in [-0.4, -0.2) is 22.8 Å². The van der Waals surface area contributed by atoms with E-state index in [0.717, 1.165) is 10.0 Å². The third-order valence-corrected chi connectivity index (χ3v) is 2.81. The Balaban J connectivity index is 2.56. The van der Waals surface area contributed by atoms with Crippen molar-refractivity contribution in [1.29, 1.82) is 0 Å². The van der Waals surface area contributed by atoms with Gasteiger partial charge in [-0.15, -0.1) is 0 Å². The molecule has 5 nitrogen and oxygen atoms in total. The first kappa shape index (κ1) is 13.9.